The second-order valence-electron chi connectivity index (χ2n) is 15.2. The van der Waals surface area contributed by atoms with Crippen LogP contribution in [0.15, 0.2) is 25.2 Å². The predicted octanol–water partition coefficient (Wildman–Crippen LogP) is 2.07. The molecule has 3 amide bonds. The van der Waals surface area contributed by atoms with Crippen molar-refractivity contribution in [2.24, 2.45) is 17.8 Å². The van der Waals surface area contributed by atoms with Crippen LogP contribution in [0.3, 0.4) is 0 Å². The Kier molecular flexibility index (Phi) is 22.4. The number of nitrogens with zero attached hydrogens (tertiary/aromatic N) is 3. The Labute approximate surface area is 341 Å². The molecule has 1 aromatic heterocycles. The number of likely N-dealkylation sites (tertiary alicyclic amines) is 1. The number of methoxy groups -OCH3 is 1. The molecule has 5 N–H and O–H groups in total. The van der Waals surface area contributed by atoms with Crippen molar-refractivity contribution in [3.8, 4) is 0 Å². The van der Waals surface area contributed by atoms with Crippen molar-refractivity contribution in [3.05, 3.63) is 30.9 Å². The fourth-order valence-electron chi connectivity index (χ4n) is 6.89. The lowest BCUT2D eigenvalue weighted by atomic mass is 9.89. The van der Waals surface area contributed by atoms with Gasteiger partial charge in [0, 0.05) is 51.4 Å². The summed E-state index contributed by atoms with van der Waals surface area (Å²) in [7, 11) is -3.46. The largest absolute Gasteiger partial charge is 0.469 e. The molecule has 0 radical (unpaired) electrons. The van der Waals surface area contributed by atoms with Crippen LogP contribution in [0, 0.1) is 17.8 Å². The number of hydrogen-bond donors (Lipinski definition) is 5. The smallest absolute Gasteiger partial charge is 0.394 e. The first kappa shape index (κ1) is 50.5. The summed E-state index contributed by atoms with van der Waals surface area (Å²) in [6.07, 6.45) is 6.50. The highest BCUT2D eigenvalue weighted by Crippen LogP contribution is 2.39. The standard InChI is InChI=1S/C39H64N5O13P/c1-7-8-9-10-14-43-25-40-23-30(43)20-29(38(50)42-33(24-45)36(48)22-31(27(4)46)28(5)57-58(52,53)54)21-35(47)32(19-26(2)3)41-39(51)34-12-11-15-44(34)37(49)13-16-56-18-17-55-6/h7,23,25-26,28-29,31-34,45H,1,8-22,24H2,2-6H3,(H,41,51)(H,42,50)(H2,52,53,54)/t28?,29-,31-,32+,33+,34+/m1/s1. The summed E-state index contributed by atoms with van der Waals surface area (Å²) in [5.41, 5.74) is 0.634. The second-order valence-corrected chi connectivity index (χ2v) is 16.3. The van der Waals surface area contributed by atoms with Gasteiger partial charge in [0.15, 0.2) is 11.6 Å². The first-order valence-corrected chi connectivity index (χ1v) is 21.4. The molecule has 0 bridgehead atoms. The minimum Gasteiger partial charge on any atom is -0.394 e. The van der Waals surface area contributed by atoms with E-state index >= 15 is 0 Å². The molecule has 1 aromatic rings. The highest BCUT2D eigenvalue weighted by Gasteiger charge is 2.38. The van der Waals surface area contributed by atoms with Gasteiger partial charge in [-0.05, 0) is 58.3 Å². The minimum atomic E-state index is -5.01. The van der Waals surface area contributed by atoms with Gasteiger partial charge in [0.05, 0.1) is 63.2 Å². The van der Waals surface area contributed by atoms with E-state index in [9.17, 15) is 48.2 Å². The van der Waals surface area contributed by atoms with E-state index in [1.807, 2.05) is 24.5 Å². The summed E-state index contributed by atoms with van der Waals surface area (Å²) in [6, 6.07) is -3.32. The summed E-state index contributed by atoms with van der Waals surface area (Å²) in [6.45, 7) is 10.8. The number of Topliss-reactive ketones (excluding diaryl/α,β-unsaturated/α-hetero) is 3. The van der Waals surface area contributed by atoms with Gasteiger partial charge in [0.1, 0.15) is 17.9 Å². The molecule has 0 aromatic carbocycles. The van der Waals surface area contributed by atoms with Gasteiger partial charge in [-0.3, -0.25) is 33.3 Å². The summed E-state index contributed by atoms with van der Waals surface area (Å²) in [4.78, 5) is 105. The van der Waals surface area contributed by atoms with Gasteiger partial charge < -0.3 is 44.5 Å². The van der Waals surface area contributed by atoms with E-state index in [0.29, 0.717) is 44.8 Å². The molecule has 6 atom stereocenters. The summed E-state index contributed by atoms with van der Waals surface area (Å²) in [5, 5.41) is 15.6. The van der Waals surface area contributed by atoms with Gasteiger partial charge >= 0.3 is 7.82 Å². The highest BCUT2D eigenvalue weighted by atomic mass is 31.2. The lowest BCUT2D eigenvalue weighted by Gasteiger charge is -2.28. The third-order valence-electron chi connectivity index (χ3n) is 10.0. The van der Waals surface area contributed by atoms with E-state index in [-0.39, 0.29) is 44.1 Å². The third kappa shape index (κ3) is 17.7. The number of aryl methyl sites for hydroxylation is 1. The first-order chi connectivity index (χ1) is 27.4. The number of nitrogens with one attached hydrogen (secondary N) is 2. The van der Waals surface area contributed by atoms with Gasteiger partial charge in [-0.1, -0.05) is 19.9 Å². The number of ether oxygens (including phenoxy) is 2. The molecular weight excluding hydrogens is 777 g/mol. The number of aromatic nitrogens is 2. The van der Waals surface area contributed by atoms with Crippen LogP contribution < -0.4 is 10.6 Å². The van der Waals surface area contributed by atoms with E-state index in [1.54, 1.807) is 19.6 Å². The molecule has 1 unspecified atom stereocenters. The topological polar surface area (TPSA) is 253 Å². The normalized spacial score (nSPS) is 17.0. The number of unbranched alkanes of at least 4 members (excludes halogenated alkanes) is 2. The van der Waals surface area contributed by atoms with Crippen molar-refractivity contribution in [3.63, 3.8) is 0 Å². The van der Waals surface area contributed by atoms with E-state index in [1.165, 1.54) is 11.8 Å². The number of imidazole rings is 1. The molecule has 1 saturated heterocycles. The van der Waals surface area contributed by atoms with Gasteiger partial charge in [-0.2, -0.15) is 0 Å². The van der Waals surface area contributed by atoms with E-state index in [4.69, 9.17) is 9.47 Å². The van der Waals surface area contributed by atoms with Gasteiger partial charge in [-0.25, -0.2) is 9.55 Å². The van der Waals surface area contributed by atoms with Gasteiger partial charge in [0.2, 0.25) is 17.7 Å². The quantitative estimate of drug-likeness (QED) is 0.0423. The molecule has 328 valence electrons. The van der Waals surface area contributed by atoms with Crippen molar-refractivity contribution >= 4 is 42.9 Å². The van der Waals surface area contributed by atoms with Gasteiger partial charge in [-0.15, -0.1) is 6.58 Å². The lowest BCUT2D eigenvalue weighted by molar-refractivity contribution is -0.140. The van der Waals surface area contributed by atoms with Crippen LogP contribution in [0.1, 0.15) is 91.2 Å². The van der Waals surface area contributed by atoms with Crippen LogP contribution in [-0.2, 0) is 60.3 Å². The zero-order valence-electron chi connectivity index (χ0n) is 34.5. The summed E-state index contributed by atoms with van der Waals surface area (Å²) < 4.78 is 28.3. The summed E-state index contributed by atoms with van der Waals surface area (Å²) >= 11 is 0. The molecule has 1 fully saturated rings. The number of phosphoric ester groups is 1. The average molecular weight is 842 g/mol. The number of ketones is 3. The van der Waals surface area contributed by atoms with Crippen molar-refractivity contribution in [1.29, 1.82) is 0 Å². The molecular formula is C39H64N5O13P. The van der Waals surface area contributed by atoms with Crippen molar-refractivity contribution < 1.29 is 62.2 Å². The maximum Gasteiger partial charge on any atom is 0.469 e. The van der Waals surface area contributed by atoms with Crippen LogP contribution in [0.4, 0.5) is 0 Å². The zero-order chi connectivity index (χ0) is 43.4. The Balaban J connectivity index is 2.33. The van der Waals surface area contributed by atoms with E-state index in [2.05, 4.69) is 26.7 Å². The number of phosphoric acid groups is 1. The van der Waals surface area contributed by atoms with Crippen molar-refractivity contribution in [1.82, 2.24) is 25.1 Å². The predicted molar refractivity (Wildman–Crippen MR) is 212 cm³/mol. The molecule has 1 aliphatic rings. The summed E-state index contributed by atoms with van der Waals surface area (Å²) in [5.74, 6) is -5.77. The molecule has 2 heterocycles. The number of allylic oxidation sites excluding steroid dienone is 1. The third-order valence-corrected chi connectivity index (χ3v) is 10.6. The first-order valence-electron chi connectivity index (χ1n) is 19.9. The Morgan fingerprint density at radius 3 is 2.36 bits per heavy atom. The molecule has 0 spiro atoms. The SMILES string of the molecule is C=CCCCCn1cncc1C[C@H](CC(=O)[C@H](CC(C)C)NC(=O)[C@@H]1CCCN1C(=O)CCOCCOC)C(=O)N[C@@H](CO)C(=O)C[C@H](C(C)=O)C(C)OP(=O)(O)O. The van der Waals surface area contributed by atoms with E-state index in [0.717, 1.165) is 26.2 Å². The van der Waals surface area contributed by atoms with Crippen molar-refractivity contribution in [2.75, 3.05) is 40.1 Å². The number of carbonyl (C=O) groups excluding carboxylic acids is 6. The van der Waals surface area contributed by atoms with E-state index < -0.39 is 86.1 Å². The number of carbonyl (C=O) groups is 6. The van der Waals surface area contributed by atoms with Crippen LogP contribution >= 0.6 is 7.82 Å². The fraction of sp³-hybridized carbons (Fsp3) is 0.718. The fourth-order valence-corrected chi connectivity index (χ4v) is 7.47. The molecule has 18 nitrogen and oxygen atoms in total. The molecule has 1 aliphatic heterocycles. The number of rotatable bonds is 30. The Morgan fingerprint density at radius 2 is 1.74 bits per heavy atom. The van der Waals surface area contributed by atoms with Crippen LogP contribution in [0.5, 0.6) is 0 Å². The lowest BCUT2D eigenvalue weighted by Crippen LogP contribution is -2.52. The van der Waals surface area contributed by atoms with Gasteiger partial charge in [0.25, 0.3) is 0 Å². The van der Waals surface area contributed by atoms with Crippen LogP contribution in [0.2, 0.25) is 0 Å². The number of hydrogen-bond acceptors (Lipinski definition) is 12. The maximum absolute atomic E-state index is 14.2. The molecule has 0 aliphatic carbocycles. The Hall–Kier alpha value is -3.64. The second kappa shape index (κ2) is 25.8. The number of aliphatic hydroxyl groups is 1. The number of aliphatic hydroxyl groups excluding tert-OH is 1. The Morgan fingerprint density at radius 1 is 1.03 bits per heavy atom. The van der Waals surface area contributed by atoms with Crippen LogP contribution in [0.25, 0.3) is 0 Å². The molecule has 0 saturated carbocycles. The van der Waals surface area contributed by atoms with Crippen molar-refractivity contribution in [2.45, 2.75) is 123 Å². The molecule has 19 heteroatoms. The Bertz CT molecular complexity index is 1560. The maximum atomic E-state index is 14.2. The monoisotopic (exact) mass is 841 g/mol. The minimum absolute atomic E-state index is 0.00824. The average Bonchev–Trinajstić information content (AvgIpc) is 3.82. The molecule has 58 heavy (non-hydrogen) atoms. The molecule has 2 rings (SSSR count). The van der Waals surface area contributed by atoms with Crippen LogP contribution in [-0.4, -0.2) is 129 Å². The number of amides is 3. The highest BCUT2D eigenvalue weighted by molar-refractivity contribution is 7.46. The zero-order valence-corrected chi connectivity index (χ0v) is 35.4.